The smallest absolute Gasteiger partial charge is 0.255 e. The second-order valence-electron chi connectivity index (χ2n) is 3.95. The Labute approximate surface area is 118 Å². The lowest BCUT2D eigenvalue weighted by Gasteiger charge is -2.08. The third-order valence-electron chi connectivity index (χ3n) is 2.58. The highest BCUT2D eigenvalue weighted by atomic mass is 79.9. The van der Waals surface area contributed by atoms with Crippen LogP contribution in [0.15, 0.2) is 46.9 Å². The van der Waals surface area contributed by atoms with Gasteiger partial charge < -0.3 is 10.4 Å². The summed E-state index contributed by atoms with van der Waals surface area (Å²) >= 11 is 3.22. The number of benzene rings is 2. The van der Waals surface area contributed by atoms with Gasteiger partial charge in [0, 0.05) is 10.0 Å². The minimum atomic E-state index is -0.560. The predicted octanol–water partition coefficient (Wildman–Crippen LogP) is 3.88. The van der Waals surface area contributed by atoms with Gasteiger partial charge in [0.05, 0.1) is 5.69 Å². The normalized spacial score (nSPS) is 10.2. The fourth-order valence-electron chi connectivity index (χ4n) is 1.55. The molecule has 5 heteroatoms. The molecule has 1 amide bonds. The number of phenols is 1. The Balaban J connectivity index is 2.15. The quantitative estimate of drug-likeness (QED) is 0.842. The monoisotopic (exact) mass is 323 g/mol. The molecule has 0 aromatic heterocycles. The van der Waals surface area contributed by atoms with E-state index < -0.39 is 6.67 Å². The van der Waals surface area contributed by atoms with Crippen molar-refractivity contribution in [3.8, 4) is 5.75 Å². The Morgan fingerprint density at radius 3 is 2.47 bits per heavy atom. The molecule has 0 saturated heterocycles. The van der Waals surface area contributed by atoms with Gasteiger partial charge in [0.25, 0.3) is 5.91 Å². The lowest BCUT2D eigenvalue weighted by molar-refractivity contribution is 0.102. The van der Waals surface area contributed by atoms with Crippen LogP contribution in [0.3, 0.4) is 0 Å². The van der Waals surface area contributed by atoms with E-state index in [1.54, 1.807) is 36.4 Å². The summed E-state index contributed by atoms with van der Waals surface area (Å²) in [5, 5.41) is 12.3. The number of hydrogen-bond donors (Lipinski definition) is 2. The third kappa shape index (κ3) is 3.32. The molecule has 0 spiro atoms. The largest absolute Gasteiger partial charge is 0.506 e. The van der Waals surface area contributed by atoms with Gasteiger partial charge in [-0.3, -0.25) is 4.79 Å². The zero-order chi connectivity index (χ0) is 13.8. The van der Waals surface area contributed by atoms with E-state index in [0.717, 1.165) is 4.47 Å². The van der Waals surface area contributed by atoms with Gasteiger partial charge in [-0.15, -0.1) is 0 Å². The average Bonchev–Trinajstić information content (AvgIpc) is 2.42. The first kappa shape index (κ1) is 13.5. The van der Waals surface area contributed by atoms with Crippen molar-refractivity contribution < 1.29 is 14.3 Å². The minimum Gasteiger partial charge on any atom is -0.506 e. The van der Waals surface area contributed by atoms with E-state index in [1.165, 1.54) is 6.07 Å². The van der Waals surface area contributed by atoms with Gasteiger partial charge in [-0.2, -0.15) is 0 Å². The summed E-state index contributed by atoms with van der Waals surface area (Å²) in [6, 6.07) is 11.0. The van der Waals surface area contributed by atoms with Crippen LogP contribution < -0.4 is 5.32 Å². The summed E-state index contributed by atoms with van der Waals surface area (Å²) in [5.74, 6) is -0.383. The number of carbonyl (C=O) groups excluding carboxylic acids is 1. The van der Waals surface area contributed by atoms with Gasteiger partial charge >= 0.3 is 0 Å². The second-order valence-corrected chi connectivity index (χ2v) is 4.86. The molecule has 98 valence electrons. The zero-order valence-electron chi connectivity index (χ0n) is 9.86. The van der Waals surface area contributed by atoms with Crippen LogP contribution in [-0.4, -0.2) is 11.0 Å². The average molecular weight is 324 g/mol. The molecule has 0 saturated carbocycles. The molecule has 0 atom stereocenters. The molecule has 0 fully saturated rings. The van der Waals surface area contributed by atoms with Gasteiger partial charge in [0.1, 0.15) is 12.4 Å². The Bertz CT molecular complexity index is 599. The molecular formula is C14H11BrFNO2. The van der Waals surface area contributed by atoms with Crippen molar-refractivity contribution in [2.24, 2.45) is 0 Å². The van der Waals surface area contributed by atoms with E-state index in [2.05, 4.69) is 21.2 Å². The van der Waals surface area contributed by atoms with Crippen LogP contribution >= 0.6 is 15.9 Å². The predicted molar refractivity (Wildman–Crippen MR) is 75.0 cm³/mol. The van der Waals surface area contributed by atoms with Gasteiger partial charge in [0.2, 0.25) is 0 Å². The van der Waals surface area contributed by atoms with Crippen molar-refractivity contribution in [2.45, 2.75) is 6.67 Å². The van der Waals surface area contributed by atoms with Crippen LogP contribution in [-0.2, 0) is 6.67 Å². The minimum absolute atomic E-state index is 0.0249. The lowest BCUT2D eigenvalue weighted by Crippen LogP contribution is -2.11. The maximum atomic E-state index is 12.4. The maximum absolute atomic E-state index is 12.4. The maximum Gasteiger partial charge on any atom is 0.255 e. The Hall–Kier alpha value is -1.88. The Morgan fingerprint density at radius 1 is 1.21 bits per heavy atom. The van der Waals surface area contributed by atoms with Crippen molar-refractivity contribution in [1.29, 1.82) is 0 Å². The number of alkyl halides is 1. The van der Waals surface area contributed by atoms with E-state index in [9.17, 15) is 14.3 Å². The van der Waals surface area contributed by atoms with Crippen molar-refractivity contribution in [3.05, 3.63) is 58.1 Å². The number of carbonyl (C=O) groups is 1. The van der Waals surface area contributed by atoms with Gasteiger partial charge in [0.15, 0.2) is 0 Å². The number of aromatic hydroxyl groups is 1. The SMILES string of the molecule is O=C(Nc1ccc(Br)cc1O)c1ccc(CF)cc1. The molecular weight excluding hydrogens is 313 g/mol. The van der Waals surface area contributed by atoms with E-state index in [1.807, 2.05) is 0 Å². The van der Waals surface area contributed by atoms with Gasteiger partial charge in [-0.05, 0) is 35.9 Å². The van der Waals surface area contributed by atoms with Crippen LogP contribution in [0.5, 0.6) is 5.75 Å². The van der Waals surface area contributed by atoms with Crippen LogP contribution in [0.1, 0.15) is 15.9 Å². The standard InChI is InChI=1S/C14H11BrFNO2/c15-11-5-6-12(13(18)7-11)17-14(19)10-3-1-9(8-16)2-4-10/h1-7,18H,8H2,(H,17,19). The van der Waals surface area contributed by atoms with Gasteiger partial charge in [-0.25, -0.2) is 4.39 Å². The molecule has 0 aliphatic heterocycles. The Morgan fingerprint density at radius 2 is 1.89 bits per heavy atom. The van der Waals surface area contributed by atoms with E-state index in [4.69, 9.17) is 0 Å². The number of amides is 1. The van der Waals surface area contributed by atoms with E-state index >= 15 is 0 Å². The molecule has 0 aliphatic carbocycles. The zero-order valence-corrected chi connectivity index (χ0v) is 11.4. The van der Waals surface area contributed by atoms with Crippen LogP contribution in [0.2, 0.25) is 0 Å². The molecule has 0 unspecified atom stereocenters. The summed E-state index contributed by atoms with van der Waals surface area (Å²) in [5.41, 5.74) is 1.24. The fraction of sp³-hybridized carbons (Fsp3) is 0.0714. The lowest BCUT2D eigenvalue weighted by atomic mass is 10.1. The molecule has 2 aromatic rings. The number of nitrogens with one attached hydrogen (secondary N) is 1. The van der Waals surface area contributed by atoms with Crippen molar-refractivity contribution in [1.82, 2.24) is 0 Å². The number of hydrogen-bond acceptors (Lipinski definition) is 2. The molecule has 19 heavy (non-hydrogen) atoms. The number of anilines is 1. The molecule has 0 bridgehead atoms. The van der Waals surface area contributed by atoms with Crippen LogP contribution in [0, 0.1) is 0 Å². The fourth-order valence-corrected chi connectivity index (χ4v) is 1.90. The second kappa shape index (κ2) is 5.84. The number of phenolic OH excluding ortho intramolecular Hbond substituents is 1. The van der Waals surface area contributed by atoms with Gasteiger partial charge in [-0.1, -0.05) is 28.1 Å². The summed E-state index contributed by atoms with van der Waals surface area (Å²) in [7, 11) is 0. The topological polar surface area (TPSA) is 49.3 Å². The first-order valence-corrected chi connectivity index (χ1v) is 6.34. The summed E-state index contributed by atoms with van der Waals surface area (Å²) < 4.78 is 13.1. The molecule has 2 aromatic carbocycles. The van der Waals surface area contributed by atoms with E-state index in [0.29, 0.717) is 16.8 Å². The summed E-state index contributed by atoms with van der Waals surface area (Å²) in [6.45, 7) is -0.560. The Kier molecular flexibility index (Phi) is 4.16. The molecule has 0 heterocycles. The highest BCUT2D eigenvalue weighted by Crippen LogP contribution is 2.27. The number of rotatable bonds is 3. The number of halogens is 2. The highest BCUT2D eigenvalue weighted by Gasteiger charge is 2.09. The van der Waals surface area contributed by atoms with Crippen molar-refractivity contribution in [2.75, 3.05) is 5.32 Å². The highest BCUT2D eigenvalue weighted by molar-refractivity contribution is 9.10. The van der Waals surface area contributed by atoms with Crippen LogP contribution in [0.4, 0.5) is 10.1 Å². The van der Waals surface area contributed by atoms with Crippen molar-refractivity contribution >= 4 is 27.5 Å². The molecule has 3 nitrogen and oxygen atoms in total. The summed E-state index contributed by atoms with van der Waals surface area (Å²) in [4.78, 5) is 11.9. The third-order valence-corrected chi connectivity index (χ3v) is 3.07. The first-order valence-electron chi connectivity index (χ1n) is 5.55. The van der Waals surface area contributed by atoms with Crippen molar-refractivity contribution in [3.63, 3.8) is 0 Å². The van der Waals surface area contributed by atoms with E-state index in [-0.39, 0.29) is 11.7 Å². The van der Waals surface area contributed by atoms with Crippen LogP contribution in [0.25, 0.3) is 0 Å². The molecule has 0 radical (unpaired) electrons. The molecule has 2 rings (SSSR count). The summed E-state index contributed by atoms with van der Waals surface area (Å²) in [6.07, 6.45) is 0. The molecule has 0 aliphatic rings. The first-order chi connectivity index (χ1) is 9.10. The molecule has 2 N–H and O–H groups in total.